The summed E-state index contributed by atoms with van der Waals surface area (Å²) in [5.74, 6) is 0. The molecule has 54 valence electrons. The van der Waals surface area contributed by atoms with Crippen molar-refractivity contribution < 1.29 is 4.58 Å². The van der Waals surface area contributed by atoms with Gasteiger partial charge in [0.2, 0.25) is 5.70 Å². The molecule has 1 rings (SSSR count). The fourth-order valence-electron chi connectivity index (χ4n) is 0.903. The topological polar surface area (TPSA) is 15.4 Å². The Hall–Kier alpha value is -0.920. The molecule has 2 heteroatoms. The Kier molecular flexibility index (Phi) is 1.70. The summed E-state index contributed by atoms with van der Waals surface area (Å²) >= 11 is 0. The van der Waals surface area contributed by atoms with Crippen molar-refractivity contribution in [2.24, 2.45) is 4.99 Å². The molecule has 0 atom stereocenters. The molecule has 1 aliphatic rings. The van der Waals surface area contributed by atoms with E-state index in [0.717, 1.165) is 18.0 Å². The highest BCUT2D eigenvalue weighted by Gasteiger charge is 2.17. The first kappa shape index (κ1) is 7.19. The maximum Gasteiger partial charge on any atom is 0.218 e. The highest BCUT2D eigenvalue weighted by Crippen LogP contribution is 2.02. The summed E-state index contributed by atoms with van der Waals surface area (Å²) in [4.78, 5) is 4.28. The molecule has 0 saturated carbocycles. The van der Waals surface area contributed by atoms with E-state index in [4.69, 9.17) is 0 Å². The van der Waals surface area contributed by atoms with Crippen molar-refractivity contribution in [2.75, 3.05) is 13.6 Å². The SMILES string of the molecule is C=C1C(C)=NCC(C)=[N+]1C. The van der Waals surface area contributed by atoms with Crippen LogP contribution in [0.1, 0.15) is 13.8 Å². The van der Waals surface area contributed by atoms with Gasteiger partial charge in [0, 0.05) is 6.92 Å². The van der Waals surface area contributed by atoms with E-state index in [9.17, 15) is 0 Å². The molecule has 0 amide bonds. The van der Waals surface area contributed by atoms with Gasteiger partial charge in [0.05, 0.1) is 0 Å². The first-order valence-electron chi connectivity index (χ1n) is 3.39. The second-order valence-corrected chi connectivity index (χ2v) is 2.64. The minimum Gasteiger partial charge on any atom is -0.272 e. The van der Waals surface area contributed by atoms with E-state index in [-0.39, 0.29) is 0 Å². The van der Waals surface area contributed by atoms with Crippen molar-refractivity contribution in [3.63, 3.8) is 0 Å². The molecule has 0 aromatic rings. The van der Waals surface area contributed by atoms with Crippen LogP contribution in [-0.2, 0) is 0 Å². The van der Waals surface area contributed by atoms with Gasteiger partial charge in [0.1, 0.15) is 19.3 Å². The monoisotopic (exact) mass is 137 g/mol. The molecule has 1 heterocycles. The molecule has 0 unspecified atom stereocenters. The molecule has 0 aliphatic carbocycles. The number of allylic oxidation sites excluding steroid dienone is 1. The standard InChI is InChI=1S/C8H13N2/c1-6-5-9-7(2)8(3)10(6)4/h3,5H2,1-2,4H3/q+1. The fraction of sp³-hybridized carbons (Fsp3) is 0.500. The van der Waals surface area contributed by atoms with Gasteiger partial charge in [0.15, 0.2) is 5.71 Å². The quantitative estimate of drug-likeness (QED) is 0.444. The smallest absolute Gasteiger partial charge is 0.218 e. The van der Waals surface area contributed by atoms with Crippen LogP contribution >= 0.6 is 0 Å². The van der Waals surface area contributed by atoms with E-state index in [0.29, 0.717) is 0 Å². The van der Waals surface area contributed by atoms with Crippen LogP contribution in [0.25, 0.3) is 0 Å². The van der Waals surface area contributed by atoms with Gasteiger partial charge in [-0.3, -0.25) is 4.99 Å². The summed E-state index contributed by atoms with van der Waals surface area (Å²) in [5, 5.41) is 0. The maximum atomic E-state index is 4.28. The maximum absolute atomic E-state index is 4.28. The molecule has 0 saturated heterocycles. The van der Waals surface area contributed by atoms with Crippen LogP contribution in [0.3, 0.4) is 0 Å². The Bertz CT molecular complexity index is 234. The van der Waals surface area contributed by atoms with Crippen LogP contribution in [0.5, 0.6) is 0 Å². The van der Waals surface area contributed by atoms with Crippen LogP contribution in [0.4, 0.5) is 0 Å². The zero-order valence-corrected chi connectivity index (χ0v) is 6.81. The van der Waals surface area contributed by atoms with Crippen molar-refractivity contribution >= 4 is 11.4 Å². The summed E-state index contributed by atoms with van der Waals surface area (Å²) in [6.45, 7) is 8.78. The summed E-state index contributed by atoms with van der Waals surface area (Å²) in [6, 6.07) is 0. The van der Waals surface area contributed by atoms with Gasteiger partial charge in [-0.25, -0.2) is 4.58 Å². The van der Waals surface area contributed by atoms with Gasteiger partial charge in [-0.2, -0.15) is 0 Å². The van der Waals surface area contributed by atoms with E-state index >= 15 is 0 Å². The number of hydrogen-bond donors (Lipinski definition) is 0. The Balaban J connectivity index is 2.98. The van der Waals surface area contributed by atoms with Crippen molar-refractivity contribution in [3.05, 3.63) is 12.3 Å². The third kappa shape index (κ3) is 1.01. The van der Waals surface area contributed by atoms with E-state index in [2.05, 4.69) is 23.1 Å². The largest absolute Gasteiger partial charge is 0.272 e. The number of nitrogens with zero attached hydrogens (tertiary/aromatic N) is 2. The molecule has 1 aliphatic heterocycles. The lowest BCUT2D eigenvalue weighted by molar-refractivity contribution is -0.436. The first-order chi connectivity index (χ1) is 4.63. The summed E-state index contributed by atoms with van der Waals surface area (Å²) in [6.07, 6.45) is 0. The lowest BCUT2D eigenvalue weighted by atomic mass is 10.2. The van der Waals surface area contributed by atoms with Crippen LogP contribution in [0.15, 0.2) is 17.3 Å². The lowest BCUT2D eigenvalue weighted by Crippen LogP contribution is -2.25. The molecule has 0 fully saturated rings. The second kappa shape index (κ2) is 2.37. The highest BCUT2D eigenvalue weighted by molar-refractivity contribution is 5.99. The normalized spacial score (nSPS) is 19.5. The zero-order chi connectivity index (χ0) is 7.72. The number of hydrogen-bond acceptors (Lipinski definition) is 1. The van der Waals surface area contributed by atoms with E-state index in [1.807, 2.05) is 14.0 Å². The lowest BCUT2D eigenvalue weighted by Gasteiger charge is -2.08. The third-order valence-electron chi connectivity index (χ3n) is 1.94. The van der Waals surface area contributed by atoms with Gasteiger partial charge < -0.3 is 0 Å². The number of rotatable bonds is 0. The average molecular weight is 137 g/mol. The van der Waals surface area contributed by atoms with Crippen molar-refractivity contribution in [1.82, 2.24) is 0 Å². The number of aliphatic imine (C=N–C) groups is 1. The van der Waals surface area contributed by atoms with Crippen LogP contribution in [0.2, 0.25) is 0 Å². The Labute approximate surface area is 61.6 Å². The van der Waals surface area contributed by atoms with Crippen molar-refractivity contribution in [2.45, 2.75) is 13.8 Å². The molecule has 0 spiro atoms. The van der Waals surface area contributed by atoms with Crippen LogP contribution in [0, 0.1) is 0 Å². The van der Waals surface area contributed by atoms with E-state index in [1.54, 1.807) is 0 Å². The summed E-state index contributed by atoms with van der Waals surface area (Å²) in [7, 11) is 2.02. The van der Waals surface area contributed by atoms with Gasteiger partial charge >= 0.3 is 0 Å². The van der Waals surface area contributed by atoms with E-state index < -0.39 is 0 Å². The molecule has 0 radical (unpaired) electrons. The molecule has 0 aromatic carbocycles. The molecular weight excluding hydrogens is 124 g/mol. The van der Waals surface area contributed by atoms with E-state index in [1.165, 1.54) is 5.71 Å². The summed E-state index contributed by atoms with van der Waals surface area (Å²) in [5.41, 5.74) is 3.33. The predicted octanol–water partition coefficient (Wildman–Crippen LogP) is 1.08. The zero-order valence-electron chi connectivity index (χ0n) is 6.81. The van der Waals surface area contributed by atoms with Crippen LogP contribution in [-0.4, -0.2) is 29.6 Å². The minimum atomic E-state index is 0.821. The molecule has 2 nitrogen and oxygen atoms in total. The molecule has 0 bridgehead atoms. The molecule has 10 heavy (non-hydrogen) atoms. The fourth-order valence-corrected chi connectivity index (χ4v) is 0.903. The molecule has 0 aromatic heterocycles. The Morgan fingerprint density at radius 2 is 2.10 bits per heavy atom. The third-order valence-corrected chi connectivity index (χ3v) is 1.94. The predicted molar refractivity (Wildman–Crippen MR) is 44.0 cm³/mol. The highest BCUT2D eigenvalue weighted by atomic mass is 15.0. The Morgan fingerprint density at radius 1 is 1.50 bits per heavy atom. The molecular formula is C8H13N2+. The van der Waals surface area contributed by atoms with Gasteiger partial charge in [-0.15, -0.1) is 0 Å². The van der Waals surface area contributed by atoms with Gasteiger partial charge in [0.25, 0.3) is 0 Å². The second-order valence-electron chi connectivity index (χ2n) is 2.64. The Morgan fingerprint density at radius 3 is 2.60 bits per heavy atom. The summed E-state index contributed by atoms with van der Waals surface area (Å²) < 4.78 is 2.09. The van der Waals surface area contributed by atoms with Crippen molar-refractivity contribution in [1.29, 1.82) is 0 Å². The first-order valence-corrected chi connectivity index (χ1v) is 3.39. The van der Waals surface area contributed by atoms with Crippen LogP contribution < -0.4 is 0 Å². The molecule has 0 N–H and O–H groups in total. The van der Waals surface area contributed by atoms with Gasteiger partial charge in [-0.1, -0.05) is 0 Å². The average Bonchev–Trinajstić information content (AvgIpc) is 1.93. The van der Waals surface area contributed by atoms with Crippen molar-refractivity contribution in [3.8, 4) is 0 Å². The minimum absolute atomic E-state index is 0.821. The van der Waals surface area contributed by atoms with Gasteiger partial charge in [-0.05, 0) is 13.5 Å².